The number of nitrogens with one attached hydrogen (secondary N) is 1. The maximum Gasteiger partial charge on any atom is 0.323 e. The maximum absolute atomic E-state index is 5.69. The second kappa shape index (κ2) is 5.19. The van der Waals surface area contributed by atoms with E-state index in [1.807, 2.05) is 13.8 Å². The Morgan fingerprint density at radius 1 is 1.32 bits per heavy atom. The summed E-state index contributed by atoms with van der Waals surface area (Å²) in [5.74, 6) is 0.687. The molecule has 1 fully saturated rings. The standard InChI is InChI=1S/C13H23N5O/c1-8(2)19-12-17-10(14)16-11(18-12)15-9-6-5-7-13(9,3)4/h8-9H,5-7H2,1-4H3,(H3,14,15,16,17,18). The Bertz CT molecular complexity index is 447. The first-order chi connectivity index (χ1) is 8.87. The molecular formula is C13H23N5O. The highest BCUT2D eigenvalue weighted by atomic mass is 16.5. The van der Waals surface area contributed by atoms with Crippen molar-refractivity contribution in [2.45, 2.75) is 59.1 Å². The molecule has 1 saturated carbocycles. The number of ether oxygens (including phenoxy) is 1. The third-order valence-corrected chi connectivity index (χ3v) is 3.53. The SMILES string of the molecule is CC(C)Oc1nc(N)nc(NC2CCCC2(C)C)n1. The van der Waals surface area contributed by atoms with E-state index in [1.165, 1.54) is 12.8 Å². The zero-order chi connectivity index (χ0) is 14.0. The van der Waals surface area contributed by atoms with Gasteiger partial charge in [-0.05, 0) is 32.1 Å². The van der Waals surface area contributed by atoms with Crippen LogP contribution >= 0.6 is 0 Å². The van der Waals surface area contributed by atoms with Gasteiger partial charge in [-0.3, -0.25) is 0 Å². The van der Waals surface area contributed by atoms with Crippen molar-refractivity contribution in [1.82, 2.24) is 15.0 Å². The van der Waals surface area contributed by atoms with E-state index in [0.29, 0.717) is 12.0 Å². The highest BCUT2D eigenvalue weighted by Gasteiger charge is 2.34. The van der Waals surface area contributed by atoms with Crippen molar-refractivity contribution in [3.05, 3.63) is 0 Å². The van der Waals surface area contributed by atoms with Crippen molar-refractivity contribution in [2.24, 2.45) is 5.41 Å². The van der Waals surface area contributed by atoms with Crippen LogP contribution in [0.5, 0.6) is 6.01 Å². The van der Waals surface area contributed by atoms with Gasteiger partial charge >= 0.3 is 6.01 Å². The van der Waals surface area contributed by atoms with E-state index in [2.05, 4.69) is 34.1 Å². The van der Waals surface area contributed by atoms with Crippen LogP contribution in [0.3, 0.4) is 0 Å². The number of nitrogens with two attached hydrogens (primary N) is 1. The molecule has 3 N–H and O–H groups in total. The fourth-order valence-electron chi connectivity index (χ4n) is 2.45. The molecule has 0 aliphatic heterocycles. The molecule has 1 aliphatic rings. The third-order valence-electron chi connectivity index (χ3n) is 3.53. The summed E-state index contributed by atoms with van der Waals surface area (Å²) >= 11 is 0. The van der Waals surface area contributed by atoms with Gasteiger partial charge in [0.05, 0.1) is 6.10 Å². The summed E-state index contributed by atoms with van der Waals surface area (Å²) in [6, 6.07) is 0.641. The van der Waals surface area contributed by atoms with Gasteiger partial charge in [-0.2, -0.15) is 15.0 Å². The number of nitrogen functional groups attached to an aromatic ring is 1. The normalized spacial score (nSPS) is 21.6. The molecule has 1 aliphatic carbocycles. The van der Waals surface area contributed by atoms with E-state index in [-0.39, 0.29) is 23.5 Å². The topological polar surface area (TPSA) is 86.0 Å². The molecule has 106 valence electrons. The predicted molar refractivity (Wildman–Crippen MR) is 75.0 cm³/mol. The van der Waals surface area contributed by atoms with Crippen LogP contribution in [-0.2, 0) is 0 Å². The molecule has 0 saturated heterocycles. The average Bonchev–Trinajstić information content (AvgIpc) is 2.56. The molecule has 2 rings (SSSR count). The van der Waals surface area contributed by atoms with Crippen LogP contribution in [0.1, 0.15) is 47.0 Å². The molecule has 0 amide bonds. The number of rotatable bonds is 4. The first-order valence-electron chi connectivity index (χ1n) is 6.81. The van der Waals surface area contributed by atoms with Crippen LogP contribution in [0, 0.1) is 5.41 Å². The van der Waals surface area contributed by atoms with Gasteiger partial charge in [0.1, 0.15) is 0 Å². The zero-order valence-corrected chi connectivity index (χ0v) is 12.1. The van der Waals surface area contributed by atoms with Gasteiger partial charge in [-0.15, -0.1) is 0 Å². The largest absolute Gasteiger partial charge is 0.461 e. The van der Waals surface area contributed by atoms with Crippen LogP contribution in [0.25, 0.3) is 0 Å². The molecule has 6 heteroatoms. The molecular weight excluding hydrogens is 242 g/mol. The quantitative estimate of drug-likeness (QED) is 0.868. The molecule has 0 aromatic carbocycles. The lowest BCUT2D eigenvalue weighted by molar-refractivity contribution is 0.222. The minimum absolute atomic E-state index is 0.0116. The molecule has 19 heavy (non-hydrogen) atoms. The Labute approximate surface area is 114 Å². The van der Waals surface area contributed by atoms with Crippen molar-refractivity contribution in [2.75, 3.05) is 11.1 Å². The van der Waals surface area contributed by atoms with E-state index in [0.717, 1.165) is 6.42 Å². The molecule has 1 aromatic heterocycles. The average molecular weight is 265 g/mol. The molecule has 0 spiro atoms. The van der Waals surface area contributed by atoms with E-state index >= 15 is 0 Å². The zero-order valence-electron chi connectivity index (χ0n) is 12.1. The minimum Gasteiger partial charge on any atom is -0.461 e. The lowest BCUT2D eigenvalue weighted by atomic mass is 9.87. The van der Waals surface area contributed by atoms with Gasteiger partial charge in [0.2, 0.25) is 11.9 Å². The molecule has 1 aromatic rings. The van der Waals surface area contributed by atoms with E-state index in [4.69, 9.17) is 10.5 Å². The Hall–Kier alpha value is -1.59. The Kier molecular flexibility index (Phi) is 3.78. The molecule has 6 nitrogen and oxygen atoms in total. The van der Waals surface area contributed by atoms with Crippen molar-refractivity contribution in [3.8, 4) is 6.01 Å². The number of aromatic nitrogens is 3. The summed E-state index contributed by atoms with van der Waals surface area (Å²) in [4.78, 5) is 12.4. The van der Waals surface area contributed by atoms with Gasteiger partial charge in [0.25, 0.3) is 0 Å². The van der Waals surface area contributed by atoms with Crippen LogP contribution in [0.2, 0.25) is 0 Å². The first-order valence-corrected chi connectivity index (χ1v) is 6.81. The predicted octanol–water partition coefficient (Wildman–Crippen LogP) is 2.23. The number of hydrogen-bond acceptors (Lipinski definition) is 6. The molecule has 1 heterocycles. The summed E-state index contributed by atoms with van der Waals surface area (Å²) in [6.07, 6.45) is 3.57. The highest BCUT2D eigenvalue weighted by molar-refractivity contribution is 5.34. The smallest absolute Gasteiger partial charge is 0.323 e. The first kappa shape index (κ1) is 13.8. The second-order valence-electron chi connectivity index (χ2n) is 6.04. The molecule has 1 atom stereocenters. The van der Waals surface area contributed by atoms with Crippen LogP contribution in [0.15, 0.2) is 0 Å². The van der Waals surface area contributed by atoms with Crippen molar-refractivity contribution in [3.63, 3.8) is 0 Å². The molecule has 0 bridgehead atoms. The van der Waals surface area contributed by atoms with Crippen LogP contribution in [0.4, 0.5) is 11.9 Å². The lowest BCUT2D eigenvalue weighted by Crippen LogP contribution is -2.31. The molecule has 0 radical (unpaired) electrons. The summed E-state index contributed by atoms with van der Waals surface area (Å²) in [5, 5.41) is 3.36. The van der Waals surface area contributed by atoms with E-state index in [9.17, 15) is 0 Å². The maximum atomic E-state index is 5.69. The van der Waals surface area contributed by atoms with Gasteiger partial charge < -0.3 is 15.8 Å². The van der Waals surface area contributed by atoms with Crippen LogP contribution in [-0.4, -0.2) is 27.1 Å². The Morgan fingerprint density at radius 2 is 2.05 bits per heavy atom. The van der Waals surface area contributed by atoms with E-state index < -0.39 is 0 Å². The van der Waals surface area contributed by atoms with Crippen molar-refractivity contribution < 1.29 is 4.74 Å². The van der Waals surface area contributed by atoms with Gasteiger partial charge in [-0.1, -0.05) is 20.3 Å². The minimum atomic E-state index is 0.0116. The lowest BCUT2D eigenvalue weighted by Gasteiger charge is -2.27. The second-order valence-corrected chi connectivity index (χ2v) is 6.04. The third kappa shape index (κ3) is 3.45. The van der Waals surface area contributed by atoms with Crippen LogP contribution < -0.4 is 15.8 Å². The number of anilines is 2. The van der Waals surface area contributed by atoms with Crippen molar-refractivity contribution in [1.29, 1.82) is 0 Å². The summed E-state index contributed by atoms with van der Waals surface area (Å²) in [5.41, 5.74) is 5.95. The fraction of sp³-hybridized carbons (Fsp3) is 0.769. The van der Waals surface area contributed by atoms with Gasteiger partial charge in [0.15, 0.2) is 0 Å². The Balaban J connectivity index is 2.14. The monoisotopic (exact) mass is 265 g/mol. The van der Waals surface area contributed by atoms with E-state index in [1.54, 1.807) is 0 Å². The fourth-order valence-corrected chi connectivity index (χ4v) is 2.45. The molecule has 1 unspecified atom stereocenters. The summed E-state index contributed by atoms with van der Waals surface area (Å²) in [7, 11) is 0. The van der Waals surface area contributed by atoms with Gasteiger partial charge in [-0.25, -0.2) is 0 Å². The summed E-state index contributed by atoms with van der Waals surface area (Å²) < 4.78 is 5.47. The highest BCUT2D eigenvalue weighted by Crippen LogP contribution is 2.38. The Morgan fingerprint density at radius 3 is 2.63 bits per heavy atom. The number of hydrogen-bond donors (Lipinski definition) is 2. The summed E-state index contributed by atoms with van der Waals surface area (Å²) in [6.45, 7) is 8.36. The number of nitrogens with zero attached hydrogens (tertiary/aromatic N) is 3. The van der Waals surface area contributed by atoms with Gasteiger partial charge in [0, 0.05) is 6.04 Å². The van der Waals surface area contributed by atoms with Crippen molar-refractivity contribution >= 4 is 11.9 Å².